The molecular formula is C15H20N4O4. The standard InChI is InChI=1S/C15H20N4O4/c1-9(2)15-16-14(18-23-15)11-5-4-6-19(11)13(20)8-21-12-7-10(3)22-17-12/h7,9,11H,4-6,8H2,1-3H3. The van der Waals surface area contributed by atoms with Crippen LogP contribution in [-0.4, -0.2) is 39.3 Å². The number of carbonyl (C=O) groups is 1. The number of hydrogen-bond acceptors (Lipinski definition) is 7. The number of nitrogens with zero attached hydrogens (tertiary/aromatic N) is 4. The number of carbonyl (C=O) groups excluding carboxylic acids is 1. The van der Waals surface area contributed by atoms with Crippen molar-refractivity contribution in [2.24, 2.45) is 0 Å². The molecule has 2 aromatic heterocycles. The highest BCUT2D eigenvalue weighted by molar-refractivity contribution is 5.78. The lowest BCUT2D eigenvalue weighted by atomic mass is 10.2. The van der Waals surface area contributed by atoms with Crippen molar-refractivity contribution in [3.63, 3.8) is 0 Å². The third-order valence-corrected chi connectivity index (χ3v) is 3.77. The van der Waals surface area contributed by atoms with Gasteiger partial charge in [0.2, 0.25) is 5.89 Å². The van der Waals surface area contributed by atoms with Crippen LogP contribution in [0.3, 0.4) is 0 Å². The first-order valence-electron chi connectivity index (χ1n) is 7.73. The van der Waals surface area contributed by atoms with E-state index < -0.39 is 0 Å². The van der Waals surface area contributed by atoms with Crippen LogP contribution in [0.1, 0.15) is 56.1 Å². The molecule has 8 nitrogen and oxygen atoms in total. The zero-order valence-corrected chi connectivity index (χ0v) is 13.5. The maximum atomic E-state index is 12.4. The minimum absolute atomic E-state index is 0.0859. The molecule has 8 heteroatoms. The summed E-state index contributed by atoms with van der Waals surface area (Å²) in [6.45, 7) is 6.32. The molecule has 1 amide bonds. The maximum Gasteiger partial charge on any atom is 0.261 e. The summed E-state index contributed by atoms with van der Waals surface area (Å²) in [7, 11) is 0. The second-order valence-electron chi connectivity index (χ2n) is 5.96. The Morgan fingerprint density at radius 1 is 1.43 bits per heavy atom. The zero-order chi connectivity index (χ0) is 16.4. The van der Waals surface area contributed by atoms with Gasteiger partial charge in [-0.2, -0.15) is 4.98 Å². The molecule has 0 bridgehead atoms. The molecule has 3 rings (SSSR count). The number of likely N-dealkylation sites (tertiary alicyclic amines) is 1. The molecule has 2 aromatic rings. The lowest BCUT2D eigenvalue weighted by Crippen LogP contribution is -2.35. The van der Waals surface area contributed by atoms with E-state index in [4.69, 9.17) is 13.8 Å². The Morgan fingerprint density at radius 3 is 2.91 bits per heavy atom. The molecule has 1 aliphatic rings. The fourth-order valence-electron chi connectivity index (χ4n) is 2.58. The normalized spacial score (nSPS) is 17.9. The summed E-state index contributed by atoms with van der Waals surface area (Å²) in [5.41, 5.74) is 0. The molecule has 124 valence electrons. The summed E-state index contributed by atoms with van der Waals surface area (Å²) >= 11 is 0. The Balaban J connectivity index is 1.64. The molecule has 0 aliphatic carbocycles. The van der Waals surface area contributed by atoms with Gasteiger partial charge in [-0.25, -0.2) is 0 Å². The highest BCUT2D eigenvalue weighted by Crippen LogP contribution is 2.31. The molecule has 0 N–H and O–H groups in total. The van der Waals surface area contributed by atoms with Crippen LogP contribution in [0.2, 0.25) is 0 Å². The van der Waals surface area contributed by atoms with Crippen LogP contribution in [0, 0.1) is 6.92 Å². The molecule has 1 fully saturated rings. The Bertz CT molecular complexity index is 679. The third-order valence-electron chi connectivity index (χ3n) is 3.77. The van der Waals surface area contributed by atoms with Crippen LogP contribution in [-0.2, 0) is 4.79 Å². The van der Waals surface area contributed by atoms with E-state index in [2.05, 4.69) is 15.3 Å². The van der Waals surface area contributed by atoms with Crippen molar-refractivity contribution in [3.05, 3.63) is 23.5 Å². The molecule has 0 aromatic carbocycles. The minimum atomic E-state index is -0.151. The van der Waals surface area contributed by atoms with Gasteiger partial charge in [-0.05, 0) is 24.9 Å². The van der Waals surface area contributed by atoms with Crippen LogP contribution < -0.4 is 4.74 Å². The van der Waals surface area contributed by atoms with Gasteiger partial charge in [0.15, 0.2) is 12.4 Å². The van der Waals surface area contributed by atoms with Gasteiger partial charge in [0.1, 0.15) is 5.76 Å². The van der Waals surface area contributed by atoms with Crippen molar-refractivity contribution >= 4 is 5.91 Å². The Morgan fingerprint density at radius 2 is 2.26 bits per heavy atom. The van der Waals surface area contributed by atoms with Crippen molar-refractivity contribution in [1.29, 1.82) is 0 Å². The monoisotopic (exact) mass is 320 g/mol. The van der Waals surface area contributed by atoms with Gasteiger partial charge in [0.25, 0.3) is 11.8 Å². The predicted octanol–water partition coefficient (Wildman–Crippen LogP) is 2.23. The fraction of sp³-hybridized carbons (Fsp3) is 0.600. The first kappa shape index (κ1) is 15.5. The van der Waals surface area contributed by atoms with Gasteiger partial charge < -0.3 is 18.7 Å². The molecule has 23 heavy (non-hydrogen) atoms. The summed E-state index contributed by atoms with van der Waals surface area (Å²) in [5, 5.41) is 7.73. The zero-order valence-electron chi connectivity index (χ0n) is 13.5. The number of aryl methyl sites for hydroxylation is 1. The lowest BCUT2D eigenvalue weighted by Gasteiger charge is -2.21. The summed E-state index contributed by atoms with van der Waals surface area (Å²) < 4.78 is 15.5. The van der Waals surface area contributed by atoms with E-state index in [0.29, 0.717) is 29.9 Å². The van der Waals surface area contributed by atoms with Crippen LogP contribution in [0.4, 0.5) is 0 Å². The van der Waals surface area contributed by atoms with Crippen molar-refractivity contribution in [3.8, 4) is 5.88 Å². The molecule has 1 atom stereocenters. The summed E-state index contributed by atoms with van der Waals surface area (Å²) in [6, 6.07) is 1.49. The average Bonchev–Trinajstić information content (AvgIpc) is 3.24. The SMILES string of the molecule is Cc1cc(OCC(=O)N2CCCC2c2noc(C(C)C)n2)no1. The summed E-state index contributed by atoms with van der Waals surface area (Å²) in [6.07, 6.45) is 1.73. The van der Waals surface area contributed by atoms with E-state index in [-0.39, 0.29) is 24.5 Å². The van der Waals surface area contributed by atoms with E-state index in [0.717, 1.165) is 12.8 Å². The van der Waals surface area contributed by atoms with Crippen LogP contribution >= 0.6 is 0 Å². The molecular weight excluding hydrogens is 300 g/mol. The quantitative estimate of drug-likeness (QED) is 0.833. The number of ether oxygens (including phenoxy) is 1. The Kier molecular flexibility index (Phi) is 4.31. The first-order valence-corrected chi connectivity index (χ1v) is 7.73. The van der Waals surface area contributed by atoms with Gasteiger partial charge in [-0.15, -0.1) is 0 Å². The molecule has 3 heterocycles. The van der Waals surface area contributed by atoms with E-state index >= 15 is 0 Å². The summed E-state index contributed by atoms with van der Waals surface area (Å²) in [4.78, 5) is 18.6. The third kappa shape index (κ3) is 3.35. The lowest BCUT2D eigenvalue weighted by molar-refractivity contribution is -0.134. The predicted molar refractivity (Wildman–Crippen MR) is 78.8 cm³/mol. The minimum Gasteiger partial charge on any atom is -0.465 e. The largest absolute Gasteiger partial charge is 0.465 e. The second kappa shape index (κ2) is 6.39. The van der Waals surface area contributed by atoms with E-state index in [9.17, 15) is 4.79 Å². The number of hydrogen-bond donors (Lipinski definition) is 0. The van der Waals surface area contributed by atoms with Gasteiger partial charge in [0.05, 0.1) is 6.04 Å². The molecule has 1 saturated heterocycles. The fourth-order valence-corrected chi connectivity index (χ4v) is 2.58. The van der Waals surface area contributed by atoms with Gasteiger partial charge in [-0.1, -0.05) is 19.0 Å². The van der Waals surface area contributed by atoms with E-state index in [1.807, 2.05) is 13.8 Å². The molecule has 0 radical (unpaired) electrons. The smallest absolute Gasteiger partial charge is 0.261 e. The Labute approximate surface area is 133 Å². The molecule has 0 saturated carbocycles. The topological polar surface area (TPSA) is 94.5 Å². The number of aromatic nitrogens is 3. The van der Waals surface area contributed by atoms with Gasteiger partial charge >= 0.3 is 0 Å². The average molecular weight is 320 g/mol. The molecule has 1 aliphatic heterocycles. The van der Waals surface area contributed by atoms with Crippen LogP contribution in [0.15, 0.2) is 15.1 Å². The van der Waals surface area contributed by atoms with Crippen molar-refractivity contribution in [2.75, 3.05) is 13.2 Å². The Hall–Kier alpha value is -2.38. The highest BCUT2D eigenvalue weighted by Gasteiger charge is 2.33. The van der Waals surface area contributed by atoms with Gasteiger partial charge in [0, 0.05) is 18.5 Å². The van der Waals surface area contributed by atoms with Crippen LogP contribution in [0.5, 0.6) is 5.88 Å². The van der Waals surface area contributed by atoms with Crippen molar-refractivity contribution < 1.29 is 18.6 Å². The molecule has 0 spiro atoms. The number of rotatable bonds is 5. The maximum absolute atomic E-state index is 12.4. The van der Waals surface area contributed by atoms with E-state index in [1.165, 1.54) is 0 Å². The van der Waals surface area contributed by atoms with Gasteiger partial charge in [-0.3, -0.25) is 4.79 Å². The van der Waals surface area contributed by atoms with Crippen molar-refractivity contribution in [1.82, 2.24) is 20.2 Å². The van der Waals surface area contributed by atoms with E-state index in [1.54, 1.807) is 17.9 Å². The molecule has 1 unspecified atom stereocenters. The van der Waals surface area contributed by atoms with Crippen molar-refractivity contribution in [2.45, 2.75) is 45.6 Å². The number of amides is 1. The first-order chi connectivity index (χ1) is 11.0. The van der Waals surface area contributed by atoms with Crippen LogP contribution in [0.25, 0.3) is 0 Å². The summed E-state index contributed by atoms with van der Waals surface area (Å²) in [5.74, 6) is 2.16. The second-order valence-corrected chi connectivity index (χ2v) is 5.96. The highest BCUT2D eigenvalue weighted by atomic mass is 16.5.